The second-order valence-corrected chi connectivity index (χ2v) is 12.1. The molecule has 0 radical (unpaired) electrons. The van der Waals surface area contributed by atoms with E-state index in [1.165, 1.54) is 24.0 Å². The summed E-state index contributed by atoms with van der Waals surface area (Å²) in [6.07, 6.45) is 4.65. The molecule has 0 fully saturated rings. The molecule has 0 spiro atoms. The summed E-state index contributed by atoms with van der Waals surface area (Å²) in [5.74, 6) is 0. The third-order valence-corrected chi connectivity index (χ3v) is 10.4. The molecule has 0 amide bonds. The van der Waals surface area contributed by atoms with Crippen molar-refractivity contribution in [3.63, 3.8) is 0 Å². The maximum Gasteiger partial charge on any atom is -0.147 e. The van der Waals surface area contributed by atoms with E-state index >= 15 is 0 Å². The van der Waals surface area contributed by atoms with Crippen LogP contribution in [0.3, 0.4) is 0 Å². The van der Waals surface area contributed by atoms with Crippen LogP contribution >= 0.6 is 24.8 Å². The molecule has 0 saturated heterocycles. The molecule has 0 heterocycles. The minimum absolute atomic E-state index is 0. The smallest absolute Gasteiger partial charge is 0.147 e. The third-order valence-electron chi connectivity index (χ3n) is 6.55. The second-order valence-electron chi connectivity index (χ2n) is 8.53. The summed E-state index contributed by atoms with van der Waals surface area (Å²) in [5, 5.41) is 0. The van der Waals surface area contributed by atoms with Gasteiger partial charge in [-0.1, -0.05) is 0 Å². The predicted octanol–water partition coefficient (Wildman–Crippen LogP) is 8.39. The number of rotatable bonds is 6. The van der Waals surface area contributed by atoms with Crippen molar-refractivity contribution in [1.29, 1.82) is 0 Å². The molecule has 0 N–H and O–H groups in total. The van der Waals surface area contributed by atoms with Crippen molar-refractivity contribution in [2.24, 2.45) is 0 Å². The maximum atomic E-state index is 2.35. The Balaban J connectivity index is 0.00000171. The van der Waals surface area contributed by atoms with Gasteiger partial charge in [-0.25, -0.2) is 0 Å². The molecule has 2 aliphatic rings. The van der Waals surface area contributed by atoms with Gasteiger partial charge >= 0.3 is 188 Å². The molecule has 4 rings (SSSR count). The zero-order chi connectivity index (χ0) is 20.4. The van der Waals surface area contributed by atoms with Crippen LogP contribution in [0.2, 0.25) is 0 Å². The first-order valence-electron chi connectivity index (χ1n) is 10.6. The summed E-state index contributed by atoms with van der Waals surface area (Å²) >= 11 is -0.760. The molecule has 31 heavy (non-hydrogen) atoms. The van der Waals surface area contributed by atoms with Crippen molar-refractivity contribution >= 4 is 24.8 Å². The minimum atomic E-state index is -0.760. The Morgan fingerprint density at radius 1 is 0.581 bits per heavy atom. The van der Waals surface area contributed by atoms with E-state index in [1.54, 1.807) is 33.4 Å². The van der Waals surface area contributed by atoms with E-state index in [9.17, 15) is 0 Å². The summed E-state index contributed by atoms with van der Waals surface area (Å²) < 4.78 is 3.63. The Labute approximate surface area is 212 Å². The van der Waals surface area contributed by atoms with Gasteiger partial charge in [0.2, 0.25) is 0 Å². The van der Waals surface area contributed by atoms with Gasteiger partial charge in [0.15, 0.2) is 0 Å². The van der Waals surface area contributed by atoms with Crippen molar-refractivity contribution in [3.05, 3.63) is 112 Å². The number of benzene rings is 2. The molecule has 162 valence electrons. The van der Waals surface area contributed by atoms with Gasteiger partial charge in [0.1, 0.15) is 0 Å². The Morgan fingerprint density at radius 3 is 1.29 bits per heavy atom. The molecular weight excluding hydrogens is 498 g/mol. The molecule has 0 aliphatic heterocycles. The molecule has 0 saturated carbocycles. The molecule has 2 aromatic carbocycles. The maximum absolute atomic E-state index is 2.35. The van der Waals surface area contributed by atoms with E-state index in [2.05, 4.69) is 88.4 Å². The summed E-state index contributed by atoms with van der Waals surface area (Å²) in [6, 6.07) is 22.0. The van der Waals surface area contributed by atoms with Crippen molar-refractivity contribution in [2.75, 3.05) is 0 Å². The molecular formula is C28H32Cl2Zr. The third kappa shape index (κ3) is 6.01. The topological polar surface area (TPSA) is 0 Å². The second kappa shape index (κ2) is 11.6. The molecule has 0 aromatic heterocycles. The summed E-state index contributed by atoms with van der Waals surface area (Å²) in [4.78, 5) is 0. The normalized spacial score (nSPS) is 16.0. The van der Waals surface area contributed by atoms with Crippen LogP contribution in [0, 0.1) is 0 Å². The standard InChI is InChI=1S/2C14H15.2ClH.Zr/c2*1-11-8-9-14(12(11)2)10-13-6-4-3-5-7-13;;;/h2*3-7H,8,10H2,1-2H3;2*1H;. The van der Waals surface area contributed by atoms with Gasteiger partial charge in [-0.05, 0) is 0 Å². The Hall–Kier alpha value is -1.14. The monoisotopic (exact) mass is 528 g/mol. The molecule has 2 aliphatic carbocycles. The van der Waals surface area contributed by atoms with Gasteiger partial charge in [0.25, 0.3) is 0 Å². The summed E-state index contributed by atoms with van der Waals surface area (Å²) in [7, 11) is 0. The van der Waals surface area contributed by atoms with E-state index in [0.717, 1.165) is 12.8 Å². The van der Waals surface area contributed by atoms with Gasteiger partial charge in [-0.3, -0.25) is 0 Å². The largest absolute Gasteiger partial charge is 0.147 e. The summed E-state index contributed by atoms with van der Waals surface area (Å²) in [6.45, 7) is 9.39. The molecule has 3 heteroatoms. The van der Waals surface area contributed by atoms with Gasteiger partial charge < -0.3 is 0 Å². The van der Waals surface area contributed by atoms with Crippen molar-refractivity contribution < 1.29 is 23.2 Å². The van der Waals surface area contributed by atoms with E-state index in [1.807, 2.05) is 6.56 Å². The van der Waals surface area contributed by atoms with Crippen LogP contribution in [0.25, 0.3) is 0 Å². The van der Waals surface area contributed by atoms with Crippen LogP contribution in [0.5, 0.6) is 0 Å². The van der Waals surface area contributed by atoms with Gasteiger partial charge in [0, 0.05) is 0 Å². The first kappa shape index (κ1) is 26.1. The predicted molar refractivity (Wildman–Crippen MR) is 135 cm³/mol. The summed E-state index contributed by atoms with van der Waals surface area (Å²) in [5.41, 5.74) is 12.5. The SMILES string of the molecule is CC1=C(C)C(Cc2ccccc2)=[C]([Zr][C]2=C(Cc3ccccc3)C(C)=C(C)C2)C1.Cl.Cl. The Morgan fingerprint density at radius 2 is 0.935 bits per heavy atom. The van der Waals surface area contributed by atoms with Crippen LogP contribution < -0.4 is 0 Å². The first-order valence-corrected chi connectivity index (χ1v) is 13.1. The Bertz CT molecular complexity index is 955. The quantitative estimate of drug-likeness (QED) is 0.352. The van der Waals surface area contributed by atoms with Crippen LogP contribution in [0.4, 0.5) is 0 Å². The van der Waals surface area contributed by atoms with Crippen molar-refractivity contribution in [1.82, 2.24) is 0 Å². The van der Waals surface area contributed by atoms with Crippen molar-refractivity contribution in [3.8, 4) is 0 Å². The van der Waals surface area contributed by atoms with Gasteiger partial charge in [-0.2, -0.15) is 0 Å². The number of allylic oxidation sites excluding steroid dienone is 8. The fraction of sp³-hybridized carbons (Fsp3) is 0.286. The molecule has 0 bridgehead atoms. The van der Waals surface area contributed by atoms with Crippen molar-refractivity contribution in [2.45, 2.75) is 53.4 Å². The van der Waals surface area contributed by atoms with Crippen LogP contribution in [0.15, 0.2) is 101 Å². The van der Waals surface area contributed by atoms with Crippen LogP contribution in [0.1, 0.15) is 51.7 Å². The van der Waals surface area contributed by atoms with E-state index in [-0.39, 0.29) is 24.8 Å². The molecule has 2 aromatic rings. The average Bonchev–Trinajstić information content (AvgIpc) is 3.14. The van der Waals surface area contributed by atoms with E-state index < -0.39 is 23.2 Å². The fourth-order valence-electron chi connectivity index (χ4n) is 4.48. The number of halogens is 2. The zero-order valence-electron chi connectivity index (χ0n) is 18.9. The number of hydrogen-bond acceptors (Lipinski definition) is 0. The van der Waals surface area contributed by atoms with Crippen LogP contribution in [-0.4, -0.2) is 0 Å². The first-order chi connectivity index (χ1) is 14.0. The molecule has 0 unspecified atom stereocenters. The van der Waals surface area contributed by atoms with Crippen LogP contribution in [-0.2, 0) is 36.1 Å². The minimum Gasteiger partial charge on any atom is -0.147 e. The zero-order valence-corrected chi connectivity index (χ0v) is 23.0. The Kier molecular flexibility index (Phi) is 9.81. The average molecular weight is 531 g/mol. The number of hydrogen-bond donors (Lipinski definition) is 0. The van der Waals surface area contributed by atoms with E-state index in [4.69, 9.17) is 0 Å². The van der Waals surface area contributed by atoms with Gasteiger partial charge in [0.05, 0.1) is 0 Å². The molecule has 0 nitrogen and oxygen atoms in total. The van der Waals surface area contributed by atoms with E-state index in [0.29, 0.717) is 0 Å². The molecule has 0 atom stereocenters. The van der Waals surface area contributed by atoms with Gasteiger partial charge in [-0.15, -0.1) is 24.8 Å². The fourth-order valence-corrected chi connectivity index (χ4v) is 9.21.